The second-order valence-corrected chi connectivity index (χ2v) is 7.66. The first-order chi connectivity index (χ1) is 14.7. The molecule has 0 aliphatic rings. The predicted octanol–water partition coefficient (Wildman–Crippen LogP) is 6.02. The van der Waals surface area contributed by atoms with Gasteiger partial charge in [0.2, 0.25) is 0 Å². The number of carbonyl (C=O) groups is 2. The molecular weight excluding hydrogens is 442 g/mol. The molecule has 3 aromatic rings. The Balaban J connectivity index is 1.61. The third-order valence-corrected chi connectivity index (χ3v) is 5.25. The predicted molar refractivity (Wildman–Crippen MR) is 121 cm³/mol. The first-order valence-corrected chi connectivity index (χ1v) is 10.0. The first kappa shape index (κ1) is 22.6. The van der Waals surface area contributed by atoms with Crippen molar-refractivity contribution in [1.29, 1.82) is 0 Å². The largest absolute Gasteiger partial charge is 0.484 e. The molecule has 31 heavy (non-hydrogen) atoms. The number of nitrogens with one attached hydrogen (secondary N) is 2. The second-order valence-electron chi connectivity index (χ2n) is 6.87. The molecule has 0 spiro atoms. The lowest BCUT2D eigenvalue weighted by atomic mass is 10.1. The molecule has 0 aliphatic carbocycles. The molecule has 0 fully saturated rings. The number of amides is 2. The number of anilines is 2. The number of ether oxygens (including phenoxy) is 1. The van der Waals surface area contributed by atoms with Crippen molar-refractivity contribution in [2.45, 2.75) is 13.8 Å². The summed E-state index contributed by atoms with van der Waals surface area (Å²) >= 11 is 11.9. The minimum Gasteiger partial charge on any atom is -0.484 e. The quantitative estimate of drug-likeness (QED) is 0.472. The van der Waals surface area contributed by atoms with Crippen molar-refractivity contribution in [2.24, 2.45) is 0 Å². The van der Waals surface area contributed by atoms with Gasteiger partial charge in [-0.05, 0) is 73.5 Å². The molecule has 0 heterocycles. The number of benzene rings is 3. The summed E-state index contributed by atoms with van der Waals surface area (Å²) in [7, 11) is 0. The van der Waals surface area contributed by atoms with Crippen LogP contribution < -0.4 is 15.4 Å². The van der Waals surface area contributed by atoms with Gasteiger partial charge in [-0.25, -0.2) is 4.39 Å². The second kappa shape index (κ2) is 9.81. The average Bonchev–Trinajstić information content (AvgIpc) is 2.73. The summed E-state index contributed by atoms with van der Waals surface area (Å²) in [5.41, 5.74) is 2.81. The summed E-state index contributed by atoms with van der Waals surface area (Å²) in [4.78, 5) is 24.7. The monoisotopic (exact) mass is 460 g/mol. The van der Waals surface area contributed by atoms with Gasteiger partial charge in [0.1, 0.15) is 11.6 Å². The first-order valence-electron chi connectivity index (χ1n) is 9.29. The van der Waals surface area contributed by atoms with Crippen LogP contribution in [0.15, 0.2) is 54.6 Å². The Kier molecular flexibility index (Phi) is 7.15. The fourth-order valence-corrected chi connectivity index (χ4v) is 3.14. The van der Waals surface area contributed by atoms with E-state index in [1.54, 1.807) is 30.3 Å². The van der Waals surface area contributed by atoms with Crippen molar-refractivity contribution in [2.75, 3.05) is 17.2 Å². The molecule has 2 amide bonds. The van der Waals surface area contributed by atoms with Gasteiger partial charge in [0.05, 0.1) is 5.02 Å². The van der Waals surface area contributed by atoms with Crippen LogP contribution in [0.25, 0.3) is 0 Å². The van der Waals surface area contributed by atoms with Crippen LogP contribution >= 0.6 is 23.2 Å². The highest BCUT2D eigenvalue weighted by Gasteiger charge is 2.11. The number of hydrogen-bond acceptors (Lipinski definition) is 3. The minimum absolute atomic E-state index is 0.0927. The smallest absolute Gasteiger partial charge is 0.262 e. The van der Waals surface area contributed by atoms with E-state index in [0.717, 1.165) is 17.2 Å². The van der Waals surface area contributed by atoms with Crippen molar-refractivity contribution < 1.29 is 18.7 Å². The molecule has 0 aromatic heterocycles. The topological polar surface area (TPSA) is 67.4 Å². The van der Waals surface area contributed by atoms with Gasteiger partial charge < -0.3 is 15.4 Å². The molecule has 0 bridgehead atoms. The highest BCUT2D eigenvalue weighted by atomic mass is 35.5. The van der Waals surface area contributed by atoms with Crippen LogP contribution in [0, 0.1) is 19.7 Å². The maximum absolute atomic E-state index is 13.3. The summed E-state index contributed by atoms with van der Waals surface area (Å²) in [5, 5.41) is 5.89. The van der Waals surface area contributed by atoms with Crippen LogP contribution in [0.3, 0.4) is 0 Å². The molecule has 8 heteroatoms. The maximum atomic E-state index is 13.3. The van der Waals surface area contributed by atoms with Crippen molar-refractivity contribution in [3.8, 4) is 5.75 Å². The van der Waals surface area contributed by atoms with Gasteiger partial charge in [0.25, 0.3) is 11.8 Å². The van der Waals surface area contributed by atoms with E-state index in [1.165, 1.54) is 18.2 Å². The van der Waals surface area contributed by atoms with E-state index in [9.17, 15) is 14.0 Å². The molecular formula is C23H19Cl2FN2O3. The van der Waals surface area contributed by atoms with E-state index in [2.05, 4.69) is 10.6 Å². The summed E-state index contributed by atoms with van der Waals surface area (Å²) in [5.74, 6) is -0.841. The molecule has 0 saturated heterocycles. The third kappa shape index (κ3) is 5.96. The lowest BCUT2D eigenvalue weighted by Crippen LogP contribution is -2.20. The van der Waals surface area contributed by atoms with Crippen LogP contribution in [-0.2, 0) is 4.79 Å². The third-order valence-electron chi connectivity index (χ3n) is 4.37. The Bertz CT molecular complexity index is 1130. The number of aryl methyl sites for hydroxylation is 2. The van der Waals surface area contributed by atoms with E-state index in [4.69, 9.17) is 27.9 Å². The van der Waals surface area contributed by atoms with Crippen LogP contribution in [0.2, 0.25) is 10.0 Å². The summed E-state index contributed by atoms with van der Waals surface area (Å²) < 4.78 is 18.8. The summed E-state index contributed by atoms with van der Waals surface area (Å²) in [6.45, 7) is 3.52. The molecule has 0 aliphatic heterocycles. The Morgan fingerprint density at radius 1 is 0.935 bits per heavy atom. The fraction of sp³-hybridized carbons (Fsp3) is 0.130. The standard InChI is InChI=1S/C23H19Cl2FN2O3/c1-13-8-18(9-14(2)22(13)25)31-12-21(29)27-16-5-3-4-15(10-16)23(30)28-17-6-7-20(26)19(24)11-17/h3-11H,12H2,1-2H3,(H,27,29)(H,28,30). The fourth-order valence-electron chi connectivity index (χ4n) is 2.85. The van der Waals surface area contributed by atoms with E-state index >= 15 is 0 Å². The van der Waals surface area contributed by atoms with Gasteiger partial charge in [-0.3, -0.25) is 9.59 Å². The van der Waals surface area contributed by atoms with Crippen LogP contribution in [0.4, 0.5) is 15.8 Å². The Morgan fingerprint density at radius 3 is 2.29 bits per heavy atom. The number of halogens is 3. The van der Waals surface area contributed by atoms with E-state index in [-0.39, 0.29) is 17.5 Å². The molecule has 0 saturated carbocycles. The zero-order valence-electron chi connectivity index (χ0n) is 16.8. The van der Waals surface area contributed by atoms with Crippen LogP contribution in [-0.4, -0.2) is 18.4 Å². The normalized spacial score (nSPS) is 10.5. The van der Waals surface area contributed by atoms with Crippen molar-refractivity contribution in [3.63, 3.8) is 0 Å². The van der Waals surface area contributed by atoms with Crippen molar-refractivity contribution >= 4 is 46.4 Å². The average molecular weight is 461 g/mol. The van der Waals surface area contributed by atoms with Crippen molar-refractivity contribution in [3.05, 3.63) is 87.2 Å². The molecule has 5 nitrogen and oxygen atoms in total. The molecule has 160 valence electrons. The maximum Gasteiger partial charge on any atom is 0.262 e. The molecule has 0 radical (unpaired) electrons. The van der Waals surface area contributed by atoms with Crippen molar-refractivity contribution in [1.82, 2.24) is 0 Å². The number of rotatable bonds is 6. The highest BCUT2D eigenvalue weighted by molar-refractivity contribution is 6.32. The van der Waals surface area contributed by atoms with Gasteiger partial charge in [-0.1, -0.05) is 29.3 Å². The summed E-state index contributed by atoms with van der Waals surface area (Å²) in [6.07, 6.45) is 0. The Hall–Kier alpha value is -3.09. The lowest BCUT2D eigenvalue weighted by molar-refractivity contribution is -0.118. The van der Waals surface area contributed by atoms with Crippen LogP contribution in [0.1, 0.15) is 21.5 Å². The summed E-state index contributed by atoms with van der Waals surface area (Å²) in [6, 6.07) is 13.8. The SMILES string of the molecule is Cc1cc(OCC(=O)Nc2cccc(C(=O)Nc3ccc(F)c(Cl)c3)c2)cc(C)c1Cl. The number of carbonyl (C=O) groups excluding carboxylic acids is 2. The lowest BCUT2D eigenvalue weighted by Gasteiger charge is -2.11. The van der Waals surface area contributed by atoms with E-state index in [1.807, 2.05) is 13.8 Å². The van der Waals surface area contributed by atoms with Gasteiger partial charge in [0, 0.05) is 22.0 Å². The van der Waals surface area contributed by atoms with Gasteiger partial charge >= 0.3 is 0 Å². The molecule has 0 unspecified atom stereocenters. The Morgan fingerprint density at radius 2 is 1.61 bits per heavy atom. The molecule has 3 aromatic carbocycles. The molecule has 2 N–H and O–H groups in total. The zero-order chi connectivity index (χ0) is 22.5. The highest BCUT2D eigenvalue weighted by Crippen LogP contribution is 2.26. The minimum atomic E-state index is -0.574. The van der Waals surface area contributed by atoms with Gasteiger partial charge in [-0.2, -0.15) is 0 Å². The van der Waals surface area contributed by atoms with E-state index in [0.29, 0.717) is 27.7 Å². The van der Waals surface area contributed by atoms with Crippen LogP contribution in [0.5, 0.6) is 5.75 Å². The molecule has 0 atom stereocenters. The Labute approximate surface area is 189 Å². The number of hydrogen-bond donors (Lipinski definition) is 2. The molecule has 3 rings (SSSR count). The van der Waals surface area contributed by atoms with Gasteiger partial charge in [0.15, 0.2) is 6.61 Å². The zero-order valence-corrected chi connectivity index (χ0v) is 18.3. The van der Waals surface area contributed by atoms with Gasteiger partial charge in [-0.15, -0.1) is 0 Å². The van der Waals surface area contributed by atoms with E-state index < -0.39 is 11.7 Å².